The minimum atomic E-state index is -2.08. The molecule has 232 valence electrons. The van der Waals surface area contributed by atoms with Gasteiger partial charge in [-0.15, -0.1) is 0 Å². The zero-order valence-corrected chi connectivity index (χ0v) is 30.9. The molecule has 5 nitrogen and oxygen atoms in total. The van der Waals surface area contributed by atoms with Crippen molar-refractivity contribution in [1.29, 1.82) is 0 Å². The fourth-order valence-electron chi connectivity index (χ4n) is 6.78. The molecule has 0 bridgehead atoms. The van der Waals surface area contributed by atoms with Crippen molar-refractivity contribution in [3.8, 4) is 5.75 Å². The van der Waals surface area contributed by atoms with Gasteiger partial charge < -0.3 is 18.6 Å². The fourth-order valence-corrected chi connectivity index (χ4v) is 9.37. The first-order chi connectivity index (χ1) is 19.4. The second-order valence-corrected chi connectivity index (χ2v) is 21.9. The summed E-state index contributed by atoms with van der Waals surface area (Å²) in [7, 11) is -2.08. The van der Waals surface area contributed by atoms with Crippen LogP contribution < -0.4 is 4.74 Å². The van der Waals surface area contributed by atoms with Crippen LogP contribution in [0.4, 0.5) is 0 Å². The maximum absolute atomic E-state index is 7.49. The topological polar surface area (TPSA) is 49.8 Å². The van der Waals surface area contributed by atoms with Crippen LogP contribution in [-0.2, 0) is 29.5 Å². The van der Waals surface area contributed by atoms with Gasteiger partial charge in [-0.1, -0.05) is 60.6 Å². The molecule has 3 aliphatic rings. The zero-order valence-electron chi connectivity index (χ0n) is 27.7. The SMILES string of the molecule is CC(C)Oc1ccc([C@]2(I)OC3(CCOCC3)c3c4c(nc(C(C)C)c32)CC(C)(C)C[C@@H]4O[Si](C)(C)C(C)(C)C)cc1. The van der Waals surface area contributed by atoms with E-state index in [1.165, 1.54) is 22.4 Å². The van der Waals surface area contributed by atoms with E-state index in [2.05, 4.69) is 122 Å². The molecule has 2 aliphatic heterocycles. The lowest BCUT2D eigenvalue weighted by Crippen LogP contribution is -2.45. The lowest BCUT2D eigenvalue weighted by molar-refractivity contribution is -0.128. The number of aromatic nitrogens is 1. The van der Waals surface area contributed by atoms with Gasteiger partial charge in [-0.25, -0.2) is 0 Å². The average Bonchev–Trinajstić information content (AvgIpc) is 3.10. The molecule has 2 aromatic rings. The molecule has 0 saturated carbocycles. The summed E-state index contributed by atoms with van der Waals surface area (Å²) < 4.78 is 26.2. The molecule has 5 rings (SSSR count). The molecule has 0 radical (unpaired) electrons. The third kappa shape index (κ3) is 5.74. The normalized spacial score (nSPS) is 25.1. The number of rotatable bonds is 6. The molecule has 1 saturated heterocycles. The van der Waals surface area contributed by atoms with E-state index in [1.54, 1.807) is 0 Å². The molecular formula is C35H52INO4Si. The summed E-state index contributed by atoms with van der Waals surface area (Å²) in [6.45, 7) is 26.6. The quantitative estimate of drug-likeness (QED) is 0.170. The summed E-state index contributed by atoms with van der Waals surface area (Å²) in [5.41, 5.74) is 7.10. The van der Waals surface area contributed by atoms with E-state index in [0.29, 0.717) is 13.2 Å². The minimum Gasteiger partial charge on any atom is -0.491 e. The Morgan fingerprint density at radius 3 is 2.17 bits per heavy atom. The van der Waals surface area contributed by atoms with Crippen LogP contribution in [0, 0.1) is 5.41 Å². The summed E-state index contributed by atoms with van der Waals surface area (Å²) in [5.74, 6) is 1.13. The molecule has 0 N–H and O–H groups in total. The first-order valence-corrected chi connectivity index (χ1v) is 19.9. The first kappa shape index (κ1) is 32.4. The Labute approximate surface area is 269 Å². The Hall–Kier alpha value is -1.00. The predicted octanol–water partition coefficient (Wildman–Crippen LogP) is 9.70. The van der Waals surface area contributed by atoms with E-state index < -0.39 is 17.5 Å². The monoisotopic (exact) mass is 705 g/mol. The maximum Gasteiger partial charge on any atom is 0.192 e. The highest BCUT2D eigenvalue weighted by Crippen LogP contribution is 2.63. The van der Waals surface area contributed by atoms with E-state index in [1.807, 2.05) is 0 Å². The molecule has 1 spiro atoms. The number of ether oxygens (including phenoxy) is 3. The molecule has 3 heterocycles. The van der Waals surface area contributed by atoms with Crippen molar-refractivity contribution in [3.63, 3.8) is 0 Å². The van der Waals surface area contributed by atoms with Crippen molar-refractivity contribution < 1.29 is 18.6 Å². The van der Waals surface area contributed by atoms with Crippen molar-refractivity contribution in [2.45, 2.75) is 133 Å². The van der Waals surface area contributed by atoms with Gasteiger partial charge in [0, 0.05) is 48.4 Å². The second-order valence-electron chi connectivity index (χ2n) is 15.7. The number of fused-ring (bicyclic) bond motifs is 4. The number of benzene rings is 1. The molecular weight excluding hydrogens is 653 g/mol. The molecule has 2 atom stereocenters. The van der Waals surface area contributed by atoms with Crippen LogP contribution >= 0.6 is 22.6 Å². The Bertz CT molecular complexity index is 1310. The van der Waals surface area contributed by atoms with Crippen LogP contribution in [0.2, 0.25) is 18.1 Å². The third-order valence-corrected chi connectivity index (χ3v) is 15.7. The van der Waals surface area contributed by atoms with Crippen molar-refractivity contribution >= 4 is 30.9 Å². The molecule has 1 aliphatic carbocycles. The number of pyridine rings is 1. The molecule has 42 heavy (non-hydrogen) atoms. The molecule has 0 unspecified atom stereocenters. The summed E-state index contributed by atoms with van der Waals surface area (Å²) in [6.07, 6.45) is 3.74. The number of hydrogen-bond donors (Lipinski definition) is 0. The van der Waals surface area contributed by atoms with Crippen LogP contribution in [0.5, 0.6) is 5.75 Å². The second kappa shape index (κ2) is 11.1. The lowest BCUT2D eigenvalue weighted by Gasteiger charge is -2.46. The number of alkyl halides is 1. The van der Waals surface area contributed by atoms with Gasteiger partial charge in [-0.2, -0.15) is 0 Å². The first-order valence-electron chi connectivity index (χ1n) is 15.9. The summed E-state index contributed by atoms with van der Waals surface area (Å²) >= 11 is 2.58. The Kier molecular flexibility index (Phi) is 8.57. The number of halogens is 1. The van der Waals surface area contributed by atoms with Crippen molar-refractivity contribution in [2.75, 3.05) is 13.2 Å². The highest BCUT2D eigenvalue weighted by Gasteiger charge is 2.58. The van der Waals surface area contributed by atoms with Gasteiger partial charge in [-0.05, 0) is 96.4 Å². The van der Waals surface area contributed by atoms with Gasteiger partial charge in [0.1, 0.15) is 11.4 Å². The largest absolute Gasteiger partial charge is 0.491 e. The molecule has 1 fully saturated rings. The Balaban J connectivity index is 1.78. The molecule has 0 amide bonds. The van der Waals surface area contributed by atoms with Crippen molar-refractivity contribution in [3.05, 3.63) is 57.9 Å². The fraction of sp³-hybridized carbons (Fsp3) is 0.686. The van der Waals surface area contributed by atoms with Gasteiger partial charge in [0.2, 0.25) is 0 Å². The van der Waals surface area contributed by atoms with Gasteiger partial charge in [0.25, 0.3) is 0 Å². The minimum absolute atomic E-state index is 0.00371. The van der Waals surface area contributed by atoms with Crippen LogP contribution in [-0.4, -0.2) is 32.6 Å². The van der Waals surface area contributed by atoms with E-state index >= 15 is 0 Å². The van der Waals surface area contributed by atoms with Gasteiger partial charge in [-0.3, -0.25) is 4.98 Å². The predicted molar refractivity (Wildman–Crippen MR) is 181 cm³/mol. The number of nitrogens with zero attached hydrogens (tertiary/aromatic N) is 1. The third-order valence-electron chi connectivity index (χ3n) is 9.85. The van der Waals surface area contributed by atoms with E-state index in [0.717, 1.165) is 42.7 Å². The highest BCUT2D eigenvalue weighted by atomic mass is 127. The maximum atomic E-state index is 7.49. The molecule has 1 aromatic heterocycles. The average molecular weight is 706 g/mol. The number of hydrogen-bond acceptors (Lipinski definition) is 5. The molecule has 7 heteroatoms. The highest BCUT2D eigenvalue weighted by molar-refractivity contribution is 14.1. The lowest BCUT2D eigenvalue weighted by atomic mass is 9.70. The van der Waals surface area contributed by atoms with E-state index in [-0.39, 0.29) is 28.6 Å². The Morgan fingerprint density at radius 1 is 1.00 bits per heavy atom. The van der Waals surface area contributed by atoms with Crippen LogP contribution in [0.15, 0.2) is 24.3 Å². The van der Waals surface area contributed by atoms with E-state index in [4.69, 9.17) is 23.6 Å². The summed E-state index contributed by atoms with van der Waals surface area (Å²) in [6, 6.07) is 8.53. The van der Waals surface area contributed by atoms with E-state index in [9.17, 15) is 0 Å². The summed E-state index contributed by atoms with van der Waals surface area (Å²) in [4.78, 5) is 5.57. The smallest absolute Gasteiger partial charge is 0.192 e. The molecule has 1 aromatic carbocycles. The van der Waals surface area contributed by atoms with Crippen molar-refractivity contribution in [1.82, 2.24) is 4.98 Å². The van der Waals surface area contributed by atoms with Gasteiger partial charge in [0.05, 0.1) is 17.9 Å². The van der Waals surface area contributed by atoms with Crippen LogP contribution in [0.1, 0.15) is 127 Å². The van der Waals surface area contributed by atoms with Crippen molar-refractivity contribution in [2.24, 2.45) is 5.41 Å². The van der Waals surface area contributed by atoms with Crippen LogP contribution in [0.3, 0.4) is 0 Å². The van der Waals surface area contributed by atoms with Crippen LogP contribution in [0.25, 0.3) is 0 Å². The zero-order chi connectivity index (χ0) is 30.9. The summed E-state index contributed by atoms with van der Waals surface area (Å²) in [5, 5.41) is 0.114. The standard InChI is InChI=1S/C35H52INO4Si/c1-22(2)31-30-29(28-26(37-31)20-33(8,9)21-27(28)40-42(10,11)32(5,6)7)34(16-18-38-19-17-34)41-35(30,36)24-12-14-25(15-13-24)39-23(3)4/h12-15,22-23,27H,16-21H2,1-11H3/t27-,35-/m0/s1. The van der Waals surface area contributed by atoms with Gasteiger partial charge in [0.15, 0.2) is 11.9 Å². The van der Waals surface area contributed by atoms with Gasteiger partial charge >= 0.3 is 0 Å². The Morgan fingerprint density at radius 2 is 1.62 bits per heavy atom.